The van der Waals surface area contributed by atoms with Crippen molar-refractivity contribution in [2.45, 2.75) is 38.1 Å². The van der Waals surface area contributed by atoms with Crippen molar-refractivity contribution in [2.24, 2.45) is 0 Å². The largest absolute Gasteiger partial charge is 0.497 e. The normalized spacial score (nSPS) is 18.9. The van der Waals surface area contributed by atoms with Crippen LogP contribution in [0.3, 0.4) is 0 Å². The fourth-order valence-corrected chi connectivity index (χ4v) is 5.27. The van der Waals surface area contributed by atoms with Crippen molar-refractivity contribution in [2.75, 3.05) is 17.3 Å². The average molecular weight is 498 g/mol. The SMILES string of the molecule is CCC(=O)N1c2ccccc2NC2=C(C(=O)C[C@@H](c3cccc([N+](=O)[O-])c3)C2)[C@H]1c1ccc(OC)cc1. The number of allylic oxidation sites excluding steroid dienone is 1. The first-order valence-electron chi connectivity index (χ1n) is 12.2. The lowest BCUT2D eigenvalue weighted by atomic mass is 9.78. The van der Waals surface area contributed by atoms with E-state index in [1.165, 1.54) is 6.07 Å². The number of Topliss-reactive ketones (excluding diaryl/α,β-unsaturated/α-hetero) is 1. The number of anilines is 2. The van der Waals surface area contributed by atoms with Gasteiger partial charge in [0.25, 0.3) is 5.69 Å². The molecule has 1 aliphatic carbocycles. The zero-order chi connectivity index (χ0) is 26.1. The summed E-state index contributed by atoms with van der Waals surface area (Å²) >= 11 is 0. The van der Waals surface area contributed by atoms with Gasteiger partial charge in [-0.25, -0.2) is 0 Å². The van der Waals surface area contributed by atoms with Crippen molar-refractivity contribution in [1.29, 1.82) is 0 Å². The van der Waals surface area contributed by atoms with Crippen molar-refractivity contribution < 1.29 is 19.2 Å². The van der Waals surface area contributed by atoms with Crippen LogP contribution in [0.15, 0.2) is 84.1 Å². The van der Waals surface area contributed by atoms with Gasteiger partial charge in [0.05, 0.1) is 29.4 Å². The summed E-state index contributed by atoms with van der Waals surface area (Å²) in [4.78, 5) is 40.0. The lowest BCUT2D eigenvalue weighted by Crippen LogP contribution is -2.38. The third-order valence-corrected chi connectivity index (χ3v) is 7.04. The van der Waals surface area contributed by atoms with Crippen molar-refractivity contribution in [1.82, 2.24) is 0 Å². The molecule has 8 heteroatoms. The van der Waals surface area contributed by atoms with Crippen LogP contribution in [0.1, 0.15) is 49.3 Å². The van der Waals surface area contributed by atoms with Gasteiger partial charge in [0.2, 0.25) is 5.91 Å². The summed E-state index contributed by atoms with van der Waals surface area (Å²) in [6.07, 6.45) is 0.949. The minimum absolute atomic E-state index is 0.000256. The molecular formula is C29H27N3O5. The molecular weight excluding hydrogens is 470 g/mol. The minimum atomic E-state index is -0.622. The third kappa shape index (κ3) is 4.46. The maximum atomic E-state index is 13.9. The zero-order valence-electron chi connectivity index (χ0n) is 20.6. The topological polar surface area (TPSA) is 102 Å². The van der Waals surface area contributed by atoms with Gasteiger partial charge in [0.1, 0.15) is 5.75 Å². The number of rotatable bonds is 5. The van der Waals surface area contributed by atoms with E-state index >= 15 is 0 Å². The molecule has 1 aliphatic heterocycles. The maximum absolute atomic E-state index is 13.9. The Morgan fingerprint density at radius 1 is 1.05 bits per heavy atom. The molecule has 0 aromatic heterocycles. The number of hydrogen-bond donors (Lipinski definition) is 1. The van der Waals surface area contributed by atoms with Crippen LogP contribution in [0.2, 0.25) is 0 Å². The molecule has 0 unspecified atom stereocenters. The van der Waals surface area contributed by atoms with E-state index in [2.05, 4.69) is 5.32 Å². The number of nitro benzene ring substituents is 1. The average Bonchev–Trinajstić information content (AvgIpc) is 3.07. The molecule has 188 valence electrons. The number of nitro groups is 1. The molecule has 2 aliphatic rings. The summed E-state index contributed by atoms with van der Waals surface area (Å²) in [5.41, 5.74) is 4.26. The second-order valence-corrected chi connectivity index (χ2v) is 9.21. The molecule has 5 rings (SSSR count). The van der Waals surface area contributed by atoms with Crippen LogP contribution >= 0.6 is 0 Å². The lowest BCUT2D eigenvalue weighted by molar-refractivity contribution is -0.384. The number of benzene rings is 3. The summed E-state index contributed by atoms with van der Waals surface area (Å²) in [7, 11) is 1.59. The molecule has 3 aromatic carbocycles. The number of fused-ring (bicyclic) bond motifs is 1. The molecule has 37 heavy (non-hydrogen) atoms. The van der Waals surface area contributed by atoms with Gasteiger partial charge in [-0.3, -0.25) is 24.6 Å². The molecule has 3 aromatic rings. The highest BCUT2D eigenvalue weighted by molar-refractivity contribution is 6.06. The number of para-hydroxylation sites is 2. The molecule has 8 nitrogen and oxygen atoms in total. The van der Waals surface area contributed by atoms with Gasteiger partial charge in [-0.2, -0.15) is 0 Å². The van der Waals surface area contributed by atoms with Crippen LogP contribution < -0.4 is 15.0 Å². The molecule has 1 N–H and O–H groups in total. The fourth-order valence-electron chi connectivity index (χ4n) is 5.27. The number of ether oxygens (including phenoxy) is 1. The molecule has 1 amide bonds. The number of nitrogens with one attached hydrogen (secondary N) is 1. The van der Waals surface area contributed by atoms with E-state index < -0.39 is 11.0 Å². The number of hydrogen-bond acceptors (Lipinski definition) is 6. The fraction of sp³-hybridized carbons (Fsp3) is 0.241. The van der Waals surface area contributed by atoms with Gasteiger partial charge >= 0.3 is 0 Å². The first-order valence-corrected chi connectivity index (χ1v) is 12.2. The Morgan fingerprint density at radius 3 is 2.51 bits per heavy atom. The van der Waals surface area contributed by atoms with Crippen LogP contribution in [0, 0.1) is 10.1 Å². The monoisotopic (exact) mass is 497 g/mol. The van der Waals surface area contributed by atoms with E-state index in [0.717, 1.165) is 22.5 Å². The van der Waals surface area contributed by atoms with Gasteiger partial charge in [-0.15, -0.1) is 0 Å². The van der Waals surface area contributed by atoms with Gasteiger partial charge in [-0.1, -0.05) is 43.3 Å². The second-order valence-electron chi connectivity index (χ2n) is 9.21. The minimum Gasteiger partial charge on any atom is -0.497 e. The Labute approximate surface area is 214 Å². The smallest absolute Gasteiger partial charge is 0.269 e. The Bertz CT molecular complexity index is 1410. The van der Waals surface area contributed by atoms with E-state index in [4.69, 9.17) is 4.74 Å². The number of ketones is 1. The first kappa shape index (κ1) is 24.2. The molecule has 1 heterocycles. The van der Waals surface area contributed by atoms with Gasteiger partial charge in [-0.05, 0) is 47.7 Å². The van der Waals surface area contributed by atoms with Crippen LogP contribution in [0.4, 0.5) is 17.1 Å². The van der Waals surface area contributed by atoms with Crippen molar-refractivity contribution >= 4 is 28.8 Å². The summed E-state index contributed by atoms with van der Waals surface area (Å²) in [6.45, 7) is 1.81. The third-order valence-electron chi connectivity index (χ3n) is 7.04. The lowest BCUT2D eigenvalue weighted by Gasteiger charge is -2.35. The molecule has 0 bridgehead atoms. The molecule has 0 spiro atoms. The van der Waals surface area contributed by atoms with Crippen LogP contribution in [0.25, 0.3) is 0 Å². The Balaban J connectivity index is 1.68. The number of nitrogens with zero attached hydrogens (tertiary/aromatic N) is 2. The van der Waals surface area contributed by atoms with E-state index in [1.54, 1.807) is 24.1 Å². The number of amides is 1. The van der Waals surface area contributed by atoms with Crippen molar-refractivity contribution in [3.05, 3.63) is 105 Å². The number of non-ortho nitro benzene ring substituents is 1. The molecule has 2 atom stereocenters. The van der Waals surface area contributed by atoms with Gasteiger partial charge < -0.3 is 10.1 Å². The molecule has 0 saturated heterocycles. The van der Waals surface area contributed by atoms with Crippen molar-refractivity contribution in [3.63, 3.8) is 0 Å². The Morgan fingerprint density at radius 2 is 1.81 bits per heavy atom. The number of methoxy groups -OCH3 is 1. The summed E-state index contributed by atoms with van der Waals surface area (Å²) < 4.78 is 5.33. The highest BCUT2D eigenvalue weighted by atomic mass is 16.6. The molecule has 0 saturated carbocycles. The predicted molar refractivity (Wildman–Crippen MR) is 141 cm³/mol. The quantitative estimate of drug-likeness (QED) is 0.347. The summed E-state index contributed by atoms with van der Waals surface area (Å²) in [5.74, 6) is 0.264. The van der Waals surface area contributed by atoms with E-state index in [9.17, 15) is 19.7 Å². The predicted octanol–water partition coefficient (Wildman–Crippen LogP) is 5.91. The standard InChI is InChI=1S/C29H27N3O5/c1-3-27(34)31-25-10-5-4-9-23(25)30-24-16-20(19-7-6-8-21(15-19)32(35)36)17-26(33)28(24)29(31)18-11-13-22(37-2)14-12-18/h4-15,20,29-30H,3,16-17H2,1-2H3/t20-,29+/m0/s1. The van der Waals surface area contributed by atoms with Gasteiger partial charge in [0.15, 0.2) is 5.78 Å². The summed E-state index contributed by atoms with van der Waals surface area (Å²) in [6, 6.07) is 20.8. The second kappa shape index (κ2) is 9.89. The van der Waals surface area contributed by atoms with Crippen molar-refractivity contribution in [3.8, 4) is 5.75 Å². The number of carbonyl (C=O) groups is 2. The highest BCUT2D eigenvalue weighted by Crippen LogP contribution is 2.47. The molecule has 0 radical (unpaired) electrons. The Kier molecular flexibility index (Phi) is 6.48. The zero-order valence-corrected chi connectivity index (χ0v) is 20.6. The first-order chi connectivity index (χ1) is 17.9. The van der Waals surface area contributed by atoms with E-state index in [-0.39, 0.29) is 36.1 Å². The number of carbonyl (C=O) groups excluding carboxylic acids is 2. The van der Waals surface area contributed by atoms with Gasteiger partial charge in [0, 0.05) is 36.2 Å². The van der Waals surface area contributed by atoms with Crippen LogP contribution in [-0.2, 0) is 9.59 Å². The maximum Gasteiger partial charge on any atom is 0.269 e. The Hall–Kier alpha value is -4.46. The van der Waals surface area contributed by atoms with E-state index in [1.807, 2.05) is 61.5 Å². The van der Waals surface area contributed by atoms with Crippen LogP contribution in [0.5, 0.6) is 5.75 Å². The molecule has 0 fully saturated rings. The van der Waals surface area contributed by atoms with E-state index in [0.29, 0.717) is 23.4 Å². The highest BCUT2D eigenvalue weighted by Gasteiger charge is 2.41. The van der Waals surface area contributed by atoms with Crippen LogP contribution in [-0.4, -0.2) is 23.7 Å². The summed E-state index contributed by atoms with van der Waals surface area (Å²) in [5, 5.41) is 14.8.